The summed E-state index contributed by atoms with van der Waals surface area (Å²) in [5.41, 5.74) is 1.24. The number of methoxy groups -OCH3 is 1. The van der Waals surface area contributed by atoms with Gasteiger partial charge in [0.15, 0.2) is 0 Å². The molecule has 5 nitrogen and oxygen atoms in total. The van der Waals surface area contributed by atoms with Crippen molar-refractivity contribution in [2.45, 2.75) is 13.3 Å². The van der Waals surface area contributed by atoms with E-state index in [1.165, 1.54) is 13.2 Å². The summed E-state index contributed by atoms with van der Waals surface area (Å²) < 4.78 is 4.85. The predicted octanol–water partition coefficient (Wildman–Crippen LogP) is 2.38. The van der Waals surface area contributed by atoms with Gasteiger partial charge in [-0.3, -0.25) is 14.9 Å². The fourth-order valence-electron chi connectivity index (χ4n) is 1.31. The minimum absolute atomic E-state index is 0.0135. The van der Waals surface area contributed by atoms with Crippen LogP contribution in [0.3, 0.4) is 0 Å². The fourth-order valence-corrected chi connectivity index (χ4v) is 1.83. The third kappa shape index (κ3) is 2.79. The lowest BCUT2D eigenvalue weighted by Crippen LogP contribution is -2.06. The first-order chi connectivity index (χ1) is 7.45. The van der Waals surface area contributed by atoms with Crippen LogP contribution in [-0.4, -0.2) is 18.0 Å². The van der Waals surface area contributed by atoms with Crippen molar-refractivity contribution in [3.8, 4) is 0 Å². The van der Waals surface area contributed by atoms with E-state index in [1.54, 1.807) is 13.0 Å². The highest BCUT2D eigenvalue weighted by atomic mass is 79.9. The number of hydrogen-bond acceptors (Lipinski definition) is 4. The second kappa shape index (κ2) is 5.07. The Kier molecular flexibility index (Phi) is 4.00. The van der Waals surface area contributed by atoms with Gasteiger partial charge in [-0.15, -0.1) is 0 Å². The summed E-state index contributed by atoms with van der Waals surface area (Å²) in [7, 11) is 1.28. The van der Waals surface area contributed by atoms with Gasteiger partial charge in [0.2, 0.25) is 0 Å². The van der Waals surface area contributed by atoms with Crippen LogP contribution in [0.4, 0.5) is 5.69 Å². The van der Waals surface area contributed by atoms with Gasteiger partial charge in [-0.05, 0) is 34.0 Å². The molecule has 16 heavy (non-hydrogen) atoms. The Labute approximate surface area is 101 Å². The summed E-state index contributed by atoms with van der Waals surface area (Å²) in [4.78, 5) is 21.4. The number of carbonyl (C=O) groups excluding carboxylic acids is 1. The van der Waals surface area contributed by atoms with Crippen LogP contribution in [0, 0.1) is 17.0 Å². The lowest BCUT2D eigenvalue weighted by Gasteiger charge is -2.05. The summed E-state index contributed by atoms with van der Waals surface area (Å²) >= 11 is 3.12. The van der Waals surface area contributed by atoms with Crippen LogP contribution in [0.25, 0.3) is 0 Å². The molecule has 0 heterocycles. The smallest absolute Gasteiger partial charge is 0.310 e. The van der Waals surface area contributed by atoms with Gasteiger partial charge in [-0.1, -0.05) is 6.07 Å². The quantitative estimate of drug-likeness (QED) is 0.486. The molecule has 0 saturated heterocycles. The van der Waals surface area contributed by atoms with Crippen molar-refractivity contribution >= 4 is 27.6 Å². The molecule has 0 N–H and O–H groups in total. The highest BCUT2D eigenvalue weighted by Crippen LogP contribution is 2.30. The molecular weight excluding hydrogens is 278 g/mol. The standard InChI is InChI=1S/C10H10BrNO4/c1-6-3-7(5-9(13)16-2)10(11)8(4-6)12(14)15/h3-4H,5H2,1-2H3. The SMILES string of the molecule is COC(=O)Cc1cc(C)cc([N+](=O)[O-])c1Br. The summed E-state index contributed by atoms with van der Waals surface area (Å²) in [6.45, 7) is 1.74. The molecule has 0 saturated carbocycles. The van der Waals surface area contributed by atoms with Crippen molar-refractivity contribution in [2.24, 2.45) is 0 Å². The molecular formula is C10H10BrNO4. The van der Waals surface area contributed by atoms with Crippen LogP contribution < -0.4 is 0 Å². The molecule has 0 aliphatic carbocycles. The molecule has 86 valence electrons. The molecule has 0 aliphatic rings. The number of nitro benzene ring substituents is 1. The van der Waals surface area contributed by atoms with Crippen molar-refractivity contribution in [3.63, 3.8) is 0 Å². The minimum atomic E-state index is -0.488. The van der Waals surface area contributed by atoms with Gasteiger partial charge in [0, 0.05) is 6.07 Å². The first kappa shape index (κ1) is 12.6. The zero-order chi connectivity index (χ0) is 12.3. The number of hydrogen-bond donors (Lipinski definition) is 0. The molecule has 0 fully saturated rings. The predicted molar refractivity (Wildman–Crippen MR) is 61.3 cm³/mol. The second-order valence-corrected chi connectivity index (χ2v) is 4.06. The number of aryl methyl sites for hydroxylation is 1. The number of nitro groups is 1. The molecule has 1 aromatic rings. The van der Waals surface area contributed by atoms with Crippen LogP contribution >= 0.6 is 15.9 Å². The molecule has 0 amide bonds. The van der Waals surface area contributed by atoms with Gasteiger partial charge in [0.1, 0.15) is 0 Å². The van der Waals surface area contributed by atoms with Gasteiger partial charge >= 0.3 is 5.97 Å². The molecule has 6 heteroatoms. The van der Waals surface area contributed by atoms with Crippen molar-refractivity contribution in [1.29, 1.82) is 0 Å². The van der Waals surface area contributed by atoms with Crippen molar-refractivity contribution in [2.75, 3.05) is 7.11 Å². The molecule has 0 aliphatic heterocycles. The molecule has 0 atom stereocenters. The molecule has 1 rings (SSSR count). The molecule has 0 spiro atoms. The molecule has 0 unspecified atom stereocenters. The van der Waals surface area contributed by atoms with E-state index in [4.69, 9.17) is 0 Å². The zero-order valence-electron chi connectivity index (χ0n) is 8.82. The van der Waals surface area contributed by atoms with E-state index in [-0.39, 0.29) is 12.1 Å². The van der Waals surface area contributed by atoms with Gasteiger partial charge in [-0.25, -0.2) is 0 Å². The Morgan fingerprint density at radius 1 is 1.56 bits per heavy atom. The Balaban J connectivity index is 3.19. The van der Waals surface area contributed by atoms with E-state index in [9.17, 15) is 14.9 Å². The third-order valence-electron chi connectivity index (χ3n) is 2.03. The Morgan fingerprint density at radius 2 is 2.19 bits per heavy atom. The van der Waals surface area contributed by atoms with Crippen molar-refractivity contribution in [1.82, 2.24) is 0 Å². The van der Waals surface area contributed by atoms with Crippen LogP contribution in [-0.2, 0) is 16.0 Å². The highest BCUT2D eigenvalue weighted by molar-refractivity contribution is 9.10. The van der Waals surface area contributed by atoms with Gasteiger partial charge < -0.3 is 4.74 Å². The summed E-state index contributed by atoms with van der Waals surface area (Å²) in [5, 5.41) is 10.7. The Bertz CT molecular complexity index is 445. The van der Waals surface area contributed by atoms with E-state index in [0.29, 0.717) is 10.0 Å². The van der Waals surface area contributed by atoms with Crippen LogP contribution in [0.15, 0.2) is 16.6 Å². The van der Waals surface area contributed by atoms with E-state index in [1.807, 2.05) is 0 Å². The van der Waals surface area contributed by atoms with Gasteiger partial charge in [-0.2, -0.15) is 0 Å². The molecule has 0 aromatic heterocycles. The zero-order valence-corrected chi connectivity index (χ0v) is 10.4. The topological polar surface area (TPSA) is 69.4 Å². The van der Waals surface area contributed by atoms with Crippen LogP contribution in [0.5, 0.6) is 0 Å². The van der Waals surface area contributed by atoms with Crippen molar-refractivity contribution in [3.05, 3.63) is 37.8 Å². The number of rotatable bonds is 3. The minimum Gasteiger partial charge on any atom is -0.469 e. The maximum absolute atomic E-state index is 11.1. The van der Waals surface area contributed by atoms with Crippen molar-refractivity contribution < 1.29 is 14.5 Å². The molecule has 0 radical (unpaired) electrons. The highest BCUT2D eigenvalue weighted by Gasteiger charge is 2.18. The summed E-state index contributed by atoms with van der Waals surface area (Å²) in [6, 6.07) is 3.17. The van der Waals surface area contributed by atoms with E-state index >= 15 is 0 Å². The number of nitrogens with zero attached hydrogens (tertiary/aromatic N) is 1. The monoisotopic (exact) mass is 287 g/mol. The Morgan fingerprint density at radius 3 is 2.69 bits per heavy atom. The maximum Gasteiger partial charge on any atom is 0.310 e. The second-order valence-electron chi connectivity index (χ2n) is 3.27. The first-order valence-corrected chi connectivity index (χ1v) is 5.25. The Hall–Kier alpha value is -1.43. The summed E-state index contributed by atoms with van der Waals surface area (Å²) in [5.74, 6) is -0.430. The van der Waals surface area contributed by atoms with E-state index in [2.05, 4.69) is 20.7 Å². The van der Waals surface area contributed by atoms with Gasteiger partial charge in [0.25, 0.3) is 5.69 Å². The third-order valence-corrected chi connectivity index (χ3v) is 2.95. The van der Waals surface area contributed by atoms with Crippen LogP contribution in [0.1, 0.15) is 11.1 Å². The van der Waals surface area contributed by atoms with Crippen LogP contribution in [0.2, 0.25) is 0 Å². The van der Waals surface area contributed by atoms with Gasteiger partial charge in [0.05, 0.1) is 22.9 Å². The van der Waals surface area contributed by atoms with E-state index < -0.39 is 10.9 Å². The normalized spacial score (nSPS) is 9.94. The number of ether oxygens (including phenoxy) is 1. The fraction of sp³-hybridized carbons (Fsp3) is 0.300. The lowest BCUT2D eigenvalue weighted by atomic mass is 10.1. The first-order valence-electron chi connectivity index (χ1n) is 4.46. The van der Waals surface area contributed by atoms with E-state index in [0.717, 1.165) is 5.56 Å². The number of esters is 1. The number of carbonyl (C=O) groups is 1. The largest absolute Gasteiger partial charge is 0.469 e. The molecule has 0 bridgehead atoms. The maximum atomic E-state index is 11.1. The average molecular weight is 288 g/mol. The number of halogens is 1. The summed E-state index contributed by atoms with van der Waals surface area (Å²) in [6.07, 6.45) is 0.0135. The average Bonchev–Trinajstić information content (AvgIpc) is 2.22. The lowest BCUT2D eigenvalue weighted by molar-refractivity contribution is -0.385. The number of benzene rings is 1. The molecule has 1 aromatic carbocycles.